The van der Waals surface area contributed by atoms with Crippen molar-refractivity contribution >= 4 is 23.4 Å². The van der Waals surface area contributed by atoms with E-state index in [-0.39, 0.29) is 30.2 Å². The zero-order valence-corrected chi connectivity index (χ0v) is 13.1. The number of benzene rings is 1. The molecule has 0 saturated carbocycles. The van der Waals surface area contributed by atoms with Gasteiger partial charge in [-0.1, -0.05) is 6.07 Å². The van der Waals surface area contributed by atoms with E-state index in [0.717, 1.165) is 6.07 Å². The lowest BCUT2D eigenvalue weighted by molar-refractivity contribution is -0.384. The summed E-state index contributed by atoms with van der Waals surface area (Å²) < 4.78 is 0. The van der Waals surface area contributed by atoms with Crippen LogP contribution in [0, 0.1) is 10.1 Å². The molecule has 0 aliphatic heterocycles. The first-order valence-electron chi connectivity index (χ1n) is 6.69. The van der Waals surface area contributed by atoms with Crippen molar-refractivity contribution < 1.29 is 19.3 Å². The van der Waals surface area contributed by atoms with E-state index in [2.05, 4.69) is 5.32 Å². The molecule has 0 heterocycles. The van der Waals surface area contributed by atoms with Crippen molar-refractivity contribution in [1.82, 2.24) is 15.1 Å². The van der Waals surface area contributed by atoms with Crippen molar-refractivity contribution in [3.8, 4) is 0 Å². The van der Waals surface area contributed by atoms with Crippen molar-refractivity contribution in [2.75, 3.05) is 34.2 Å². The molecule has 0 unspecified atom stereocenters. The van der Waals surface area contributed by atoms with Gasteiger partial charge in [-0.2, -0.15) is 0 Å². The van der Waals surface area contributed by atoms with Gasteiger partial charge in [0, 0.05) is 38.8 Å². The third-order valence-corrected chi connectivity index (χ3v) is 3.02. The van der Waals surface area contributed by atoms with Crippen molar-refractivity contribution in [2.24, 2.45) is 0 Å². The molecule has 23 heavy (non-hydrogen) atoms. The van der Waals surface area contributed by atoms with Crippen LogP contribution in [0.1, 0.15) is 10.4 Å². The molecule has 0 fully saturated rings. The molecular weight excluding hydrogens is 304 g/mol. The number of amides is 3. The van der Waals surface area contributed by atoms with Gasteiger partial charge in [0.15, 0.2) is 0 Å². The number of nitro benzene ring substituents is 1. The van der Waals surface area contributed by atoms with E-state index in [1.807, 2.05) is 0 Å². The molecule has 0 radical (unpaired) electrons. The SMILES string of the molecule is CN(C)C(=O)CN(C)C(=O)CNC(=O)c1cccc([N+](=O)[O-])c1. The summed E-state index contributed by atoms with van der Waals surface area (Å²) in [6, 6.07) is 5.19. The standard InChI is InChI=1S/C14H18N4O5/c1-16(2)13(20)9-17(3)12(19)8-15-14(21)10-5-4-6-11(7-10)18(22)23/h4-7H,8-9H2,1-3H3,(H,15,21). The minimum absolute atomic E-state index is 0.0824. The van der Waals surface area contributed by atoms with Crippen LogP contribution in [-0.4, -0.2) is 66.7 Å². The molecule has 0 aliphatic rings. The average molecular weight is 322 g/mol. The summed E-state index contributed by atoms with van der Waals surface area (Å²) in [5.41, 5.74) is -0.128. The minimum Gasteiger partial charge on any atom is -0.347 e. The monoisotopic (exact) mass is 322 g/mol. The maximum Gasteiger partial charge on any atom is 0.270 e. The third kappa shape index (κ3) is 5.38. The zero-order valence-electron chi connectivity index (χ0n) is 13.1. The molecule has 0 aliphatic carbocycles. The maximum atomic E-state index is 11.9. The highest BCUT2D eigenvalue weighted by atomic mass is 16.6. The first kappa shape index (κ1) is 18.1. The Morgan fingerprint density at radius 3 is 2.39 bits per heavy atom. The van der Waals surface area contributed by atoms with Crippen molar-refractivity contribution in [1.29, 1.82) is 0 Å². The number of non-ortho nitro benzene ring substituents is 1. The highest BCUT2D eigenvalue weighted by molar-refractivity contribution is 5.97. The second-order valence-electron chi connectivity index (χ2n) is 5.03. The molecule has 1 rings (SSSR count). The zero-order chi connectivity index (χ0) is 17.6. The molecule has 0 saturated heterocycles. The molecule has 0 aromatic heterocycles. The number of nitro groups is 1. The minimum atomic E-state index is -0.609. The Hall–Kier alpha value is -2.97. The summed E-state index contributed by atoms with van der Waals surface area (Å²) in [5, 5.41) is 13.0. The van der Waals surface area contributed by atoms with Crippen LogP contribution in [0.5, 0.6) is 0 Å². The van der Waals surface area contributed by atoms with Crippen LogP contribution >= 0.6 is 0 Å². The molecule has 124 valence electrons. The highest BCUT2D eigenvalue weighted by Gasteiger charge is 2.16. The van der Waals surface area contributed by atoms with Crippen LogP contribution in [0.15, 0.2) is 24.3 Å². The van der Waals surface area contributed by atoms with Crippen LogP contribution in [0.4, 0.5) is 5.69 Å². The maximum absolute atomic E-state index is 11.9. The van der Waals surface area contributed by atoms with Gasteiger partial charge in [0.25, 0.3) is 11.6 Å². The fraction of sp³-hybridized carbons (Fsp3) is 0.357. The average Bonchev–Trinajstić information content (AvgIpc) is 2.51. The lowest BCUT2D eigenvalue weighted by atomic mass is 10.2. The van der Waals surface area contributed by atoms with E-state index in [1.165, 1.54) is 35.0 Å². The molecule has 9 nitrogen and oxygen atoms in total. The van der Waals surface area contributed by atoms with Gasteiger partial charge in [0.05, 0.1) is 18.0 Å². The van der Waals surface area contributed by atoms with Gasteiger partial charge in [-0.05, 0) is 6.07 Å². The van der Waals surface area contributed by atoms with E-state index in [1.54, 1.807) is 14.1 Å². The normalized spacial score (nSPS) is 9.87. The highest BCUT2D eigenvalue weighted by Crippen LogP contribution is 2.12. The smallest absolute Gasteiger partial charge is 0.270 e. The fourth-order valence-electron chi connectivity index (χ4n) is 1.59. The molecule has 1 N–H and O–H groups in total. The number of rotatable bonds is 6. The summed E-state index contributed by atoms with van der Waals surface area (Å²) in [5.74, 6) is -1.29. The molecule has 3 amide bonds. The Balaban J connectivity index is 2.58. The van der Waals surface area contributed by atoms with Crippen LogP contribution in [0.25, 0.3) is 0 Å². The number of hydrogen-bond acceptors (Lipinski definition) is 5. The Kier molecular flexibility index (Phi) is 6.19. The van der Waals surface area contributed by atoms with Gasteiger partial charge in [0.1, 0.15) is 0 Å². The molecule has 1 aromatic carbocycles. The fourth-order valence-corrected chi connectivity index (χ4v) is 1.59. The molecule has 0 bridgehead atoms. The molecule has 1 aromatic rings. The van der Waals surface area contributed by atoms with Crippen LogP contribution in [0.3, 0.4) is 0 Å². The summed E-state index contributed by atoms with van der Waals surface area (Å²) in [6.07, 6.45) is 0. The Morgan fingerprint density at radius 1 is 1.17 bits per heavy atom. The van der Waals surface area contributed by atoms with E-state index in [4.69, 9.17) is 0 Å². The Morgan fingerprint density at radius 2 is 1.83 bits per heavy atom. The van der Waals surface area contributed by atoms with Crippen molar-refractivity contribution in [3.63, 3.8) is 0 Å². The van der Waals surface area contributed by atoms with Gasteiger partial charge in [-0.25, -0.2) is 0 Å². The molecular formula is C14H18N4O5. The molecule has 0 spiro atoms. The molecule has 0 atom stereocenters. The lowest BCUT2D eigenvalue weighted by Crippen LogP contribution is -2.42. The summed E-state index contributed by atoms with van der Waals surface area (Å²) in [7, 11) is 4.60. The number of carbonyl (C=O) groups is 3. The topological polar surface area (TPSA) is 113 Å². The van der Waals surface area contributed by atoms with E-state index in [0.29, 0.717) is 0 Å². The van der Waals surface area contributed by atoms with Crippen LogP contribution in [0.2, 0.25) is 0 Å². The first-order valence-corrected chi connectivity index (χ1v) is 6.69. The predicted octanol–water partition coefficient (Wildman–Crippen LogP) is -0.129. The van der Waals surface area contributed by atoms with Gasteiger partial charge in [-0.15, -0.1) is 0 Å². The number of likely N-dealkylation sites (N-methyl/N-ethyl adjacent to an activating group) is 2. The number of nitrogens with zero attached hydrogens (tertiary/aromatic N) is 3. The summed E-state index contributed by atoms with van der Waals surface area (Å²) >= 11 is 0. The van der Waals surface area contributed by atoms with Gasteiger partial charge in [-0.3, -0.25) is 24.5 Å². The van der Waals surface area contributed by atoms with Crippen molar-refractivity contribution in [3.05, 3.63) is 39.9 Å². The second kappa shape index (κ2) is 7.87. The lowest BCUT2D eigenvalue weighted by Gasteiger charge is -2.19. The molecule has 9 heteroatoms. The Labute approximate surface area is 133 Å². The van der Waals surface area contributed by atoms with Gasteiger partial charge in [0.2, 0.25) is 11.8 Å². The van der Waals surface area contributed by atoms with Crippen molar-refractivity contribution in [2.45, 2.75) is 0 Å². The van der Waals surface area contributed by atoms with Gasteiger partial charge >= 0.3 is 0 Å². The van der Waals surface area contributed by atoms with Crippen LogP contribution in [-0.2, 0) is 9.59 Å². The Bertz CT molecular complexity index is 629. The summed E-state index contributed by atoms with van der Waals surface area (Å²) in [4.78, 5) is 47.8. The largest absolute Gasteiger partial charge is 0.347 e. The quantitative estimate of drug-likeness (QED) is 0.579. The number of hydrogen-bond donors (Lipinski definition) is 1. The number of nitrogens with one attached hydrogen (secondary N) is 1. The van der Waals surface area contributed by atoms with E-state index >= 15 is 0 Å². The van der Waals surface area contributed by atoms with E-state index in [9.17, 15) is 24.5 Å². The van der Waals surface area contributed by atoms with Crippen LogP contribution < -0.4 is 5.32 Å². The number of carbonyl (C=O) groups excluding carboxylic acids is 3. The first-order chi connectivity index (χ1) is 10.7. The second-order valence-corrected chi connectivity index (χ2v) is 5.03. The predicted molar refractivity (Wildman–Crippen MR) is 81.8 cm³/mol. The van der Waals surface area contributed by atoms with E-state index < -0.39 is 16.7 Å². The van der Waals surface area contributed by atoms with Gasteiger partial charge < -0.3 is 15.1 Å². The summed E-state index contributed by atoms with van der Waals surface area (Å²) in [6.45, 7) is -0.406. The third-order valence-electron chi connectivity index (χ3n) is 3.02.